The summed E-state index contributed by atoms with van der Waals surface area (Å²) in [7, 11) is 0. The van der Waals surface area contributed by atoms with E-state index in [9.17, 15) is 9.90 Å². The second-order valence-electron chi connectivity index (χ2n) is 5.52. The van der Waals surface area contributed by atoms with Crippen molar-refractivity contribution in [3.05, 3.63) is 34.3 Å². The molecule has 2 saturated heterocycles. The Kier molecular flexibility index (Phi) is 3.84. The van der Waals surface area contributed by atoms with Crippen LogP contribution in [0.4, 0.5) is 0 Å². The molecule has 4 nitrogen and oxygen atoms in total. The summed E-state index contributed by atoms with van der Waals surface area (Å²) in [6.45, 7) is 4.40. The summed E-state index contributed by atoms with van der Waals surface area (Å²) < 4.78 is 1.05. The fourth-order valence-electron chi connectivity index (χ4n) is 3.49. The molecule has 3 rings (SSSR count). The molecule has 1 aromatic carbocycles. The Balaban J connectivity index is 1.86. The minimum atomic E-state index is -0.0623. The zero-order chi connectivity index (χ0) is 14.3. The number of hydrogen-bond acceptors (Lipinski definition) is 3. The molecule has 0 bridgehead atoms. The first-order valence-electron chi connectivity index (χ1n) is 7.05. The number of carbonyl (C=O) groups excluding carboxylic acids is 1. The number of aliphatic hydroxyl groups is 1. The van der Waals surface area contributed by atoms with Gasteiger partial charge in [0.15, 0.2) is 0 Å². The molecule has 0 spiro atoms. The van der Waals surface area contributed by atoms with E-state index in [1.54, 1.807) is 0 Å². The van der Waals surface area contributed by atoms with Crippen LogP contribution in [0.25, 0.3) is 0 Å². The van der Waals surface area contributed by atoms with E-state index in [0.29, 0.717) is 6.54 Å². The molecule has 0 aliphatic carbocycles. The van der Waals surface area contributed by atoms with E-state index in [1.807, 2.05) is 17.0 Å². The summed E-state index contributed by atoms with van der Waals surface area (Å²) in [6.07, 6.45) is 0. The summed E-state index contributed by atoms with van der Waals surface area (Å²) >= 11 is 3.44. The second kappa shape index (κ2) is 5.47. The first kappa shape index (κ1) is 14.0. The topological polar surface area (TPSA) is 43.8 Å². The van der Waals surface area contributed by atoms with Crippen molar-refractivity contribution in [3.63, 3.8) is 0 Å². The number of halogens is 1. The number of rotatable bonds is 3. The average molecular weight is 339 g/mol. The van der Waals surface area contributed by atoms with Crippen LogP contribution in [0.1, 0.15) is 18.4 Å². The van der Waals surface area contributed by atoms with Gasteiger partial charge in [-0.1, -0.05) is 35.0 Å². The quantitative estimate of drug-likeness (QED) is 0.906. The van der Waals surface area contributed by atoms with E-state index in [2.05, 4.69) is 39.9 Å². The first-order valence-corrected chi connectivity index (χ1v) is 7.84. The van der Waals surface area contributed by atoms with Crippen LogP contribution in [0.5, 0.6) is 0 Å². The van der Waals surface area contributed by atoms with Gasteiger partial charge < -0.3 is 10.0 Å². The van der Waals surface area contributed by atoms with Gasteiger partial charge >= 0.3 is 0 Å². The molecule has 1 aromatic rings. The summed E-state index contributed by atoms with van der Waals surface area (Å²) in [4.78, 5) is 16.3. The van der Waals surface area contributed by atoms with Crippen molar-refractivity contribution >= 4 is 21.8 Å². The Bertz CT molecular complexity index is 505. The minimum Gasteiger partial charge on any atom is -0.394 e. The van der Waals surface area contributed by atoms with Crippen molar-refractivity contribution in [2.45, 2.75) is 24.9 Å². The fourth-order valence-corrected chi connectivity index (χ4v) is 3.76. The summed E-state index contributed by atoms with van der Waals surface area (Å²) in [5.74, 6) is 0.391. The SMILES string of the molecule is CCN1CC(=O)N2[C@H](C1)[C@@H](c1ccc(Br)cc1)[C@@H]2CO. The number of piperazine rings is 1. The van der Waals surface area contributed by atoms with Crippen molar-refractivity contribution < 1.29 is 9.90 Å². The van der Waals surface area contributed by atoms with Crippen molar-refractivity contribution in [1.82, 2.24) is 9.80 Å². The maximum absolute atomic E-state index is 12.2. The number of fused-ring (bicyclic) bond motifs is 1. The van der Waals surface area contributed by atoms with E-state index >= 15 is 0 Å². The van der Waals surface area contributed by atoms with Crippen LogP contribution < -0.4 is 0 Å². The van der Waals surface area contributed by atoms with Crippen molar-refractivity contribution in [1.29, 1.82) is 0 Å². The Labute approximate surface area is 127 Å². The highest BCUT2D eigenvalue weighted by Crippen LogP contribution is 2.42. The van der Waals surface area contributed by atoms with Gasteiger partial charge in [0.05, 0.1) is 25.2 Å². The first-order chi connectivity index (χ1) is 9.65. The summed E-state index contributed by atoms with van der Waals surface area (Å²) in [5, 5.41) is 9.64. The van der Waals surface area contributed by atoms with E-state index in [4.69, 9.17) is 0 Å². The number of likely N-dealkylation sites (N-methyl/N-ethyl adjacent to an activating group) is 1. The molecule has 1 N–H and O–H groups in total. The lowest BCUT2D eigenvalue weighted by Crippen LogP contribution is -2.72. The van der Waals surface area contributed by atoms with Crippen LogP contribution in [-0.4, -0.2) is 59.1 Å². The van der Waals surface area contributed by atoms with Gasteiger partial charge in [-0.25, -0.2) is 0 Å². The average Bonchev–Trinajstić information content (AvgIpc) is 2.43. The van der Waals surface area contributed by atoms with Gasteiger partial charge in [0.1, 0.15) is 0 Å². The molecular formula is C15H19BrN2O2. The molecule has 2 heterocycles. The van der Waals surface area contributed by atoms with Gasteiger partial charge in [-0.3, -0.25) is 9.69 Å². The van der Waals surface area contributed by atoms with Crippen molar-refractivity contribution in [2.75, 3.05) is 26.2 Å². The molecule has 2 fully saturated rings. The largest absolute Gasteiger partial charge is 0.394 e. The highest BCUT2D eigenvalue weighted by Gasteiger charge is 2.53. The van der Waals surface area contributed by atoms with E-state index in [0.717, 1.165) is 17.6 Å². The van der Waals surface area contributed by atoms with Crippen LogP contribution in [0.3, 0.4) is 0 Å². The number of nitrogens with zero attached hydrogens (tertiary/aromatic N) is 2. The number of carbonyl (C=O) groups is 1. The summed E-state index contributed by atoms with van der Waals surface area (Å²) in [6, 6.07) is 8.36. The van der Waals surface area contributed by atoms with E-state index < -0.39 is 0 Å². The van der Waals surface area contributed by atoms with E-state index in [-0.39, 0.29) is 30.5 Å². The third-order valence-electron chi connectivity index (χ3n) is 4.52. The maximum Gasteiger partial charge on any atom is 0.237 e. The van der Waals surface area contributed by atoms with Gasteiger partial charge in [0, 0.05) is 16.9 Å². The molecule has 0 aromatic heterocycles. The van der Waals surface area contributed by atoms with Crippen LogP contribution in [0, 0.1) is 0 Å². The van der Waals surface area contributed by atoms with Gasteiger partial charge in [0.25, 0.3) is 0 Å². The lowest BCUT2D eigenvalue weighted by molar-refractivity contribution is -0.161. The van der Waals surface area contributed by atoms with Gasteiger partial charge in [-0.05, 0) is 24.2 Å². The maximum atomic E-state index is 12.2. The molecule has 5 heteroatoms. The standard InChI is InChI=1S/C15H19BrN2O2/c1-2-17-7-12-15(10-3-5-11(16)6-4-10)13(9-19)18(12)14(20)8-17/h3-6,12-13,15,19H,2,7-9H2,1H3/t12-,13+,15-/m1/s1. The van der Waals surface area contributed by atoms with Crippen LogP contribution in [0.2, 0.25) is 0 Å². The molecule has 0 radical (unpaired) electrons. The Morgan fingerprint density at radius 1 is 1.35 bits per heavy atom. The third-order valence-corrected chi connectivity index (χ3v) is 5.05. The van der Waals surface area contributed by atoms with Crippen LogP contribution >= 0.6 is 15.9 Å². The molecule has 0 unspecified atom stereocenters. The predicted octanol–water partition coefficient (Wildman–Crippen LogP) is 1.44. The second-order valence-corrected chi connectivity index (χ2v) is 6.44. The Morgan fingerprint density at radius 2 is 2.05 bits per heavy atom. The number of amides is 1. The molecule has 3 atom stereocenters. The number of benzene rings is 1. The fraction of sp³-hybridized carbons (Fsp3) is 0.533. The smallest absolute Gasteiger partial charge is 0.237 e. The number of hydrogen-bond donors (Lipinski definition) is 1. The molecular weight excluding hydrogens is 320 g/mol. The zero-order valence-corrected chi connectivity index (χ0v) is 13.1. The lowest BCUT2D eigenvalue weighted by atomic mass is 9.74. The van der Waals surface area contributed by atoms with E-state index in [1.165, 1.54) is 5.56 Å². The van der Waals surface area contributed by atoms with Crippen molar-refractivity contribution in [2.24, 2.45) is 0 Å². The van der Waals surface area contributed by atoms with Gasteiger partial charge in [-0.15, -0.1) is 0 Å². The van der Waals surface area contributed by atoms with Crippen LogP contribution in [0.15, 0.2) is 28.7 Å². The zero-order valence-electron chi connectivity index (χ0n) is 11.5. The number of aliphatic hydroxyl groups excluding tert-OH is 1. The Morgan fingerprint density at radius 3 is 2.65 bits per heavy atom. The molecule has 0 saturated carbocycles. The lowest BCUT2D eigenvalue weighted by Gasteiger charge is -2.58. The minimum absolute atomic E-state index is 0.0368. The summed E-state index contributed by atoms with van der Waals surface area (Å²) in [5.41, 5.74) is 1.21. The molecule has 1 amide bonds. The van der Waals surface area contributed by atoms with Crippen molar-refractivity contribution in [3.8, 4) is 0 Å². The highest BCUT2D eigenvalue weighted by atomic mass is 79.9. The third kappa shape index (κ3) is 2.18. The highest BCUT2D eigenvalue weighted by molar-refractivity contribution is 9.10. The molecule has 108 valence electrons. The Hall–Kier alpha value is -0.910. The van der Waals surface area contributed by atoms with Gasteiger partial charge in [0.2, 0.25) is 5.91 Å². The molecule has 2 aliphatic rings. The van der Waals surface area contributed by atoms with Gasteiger partial charge in [-0.2, -0.15) is 0 Å². The molecule has 20 heavy (non-hydrogen) atoms. The van der Waals surface area contributed by atoms with Crippen LogP contribution in [-0.2, 0) is 4.79 Å². The molecule has 2 aliphatic heterocycles. The predicted molar refractivity (Wildman–Crippen MR) is 80.5 cm³/mol. The normalized spacial score (nSPS) is 30.1. The monoisotopic (exact) mass is 338 g/mol.